The first-order valence-corrected chi connectivity index (χ1v) is 12.1. The number of nitrogens with zero attached hydrogens (tertiary/aromatic N) is 5. The summed E-state index contributed by atoms with van der Waals surface area (Å²) in [6.07, 6.45) is 4.97. The third-order valence-electron chi connectivity index (χ3n) is 5.63. The van der Waals surface area contributed by atoms with Gasteiger partial charge in [-0.2, -0.15) is 5.26 Å². The zero-order valence-corrected chi connectivity index (χ0v) is 21.5. The number of nitriles is 1. The smallest absolute Gasteiger partial charge is 0.253 e. The lowest BCUT2D eigenvalue weighted by molar-refractivity contribution is -0.507. The van der Waals surface area contributed by atoms with Crippen LogP contribution in [0.5, 0.6) is 0 Å². The van der Waals surface area contributed by atoms with Gasteiger partial charge in [0.25, 0.3) is 11.8 Å². The van der Waals surface area contributed by atoms with Crippen molar-refractivity contribution in [3.8, 4) is 17.3 Å². The topological polar surface area (TPSA) is 124 Å². The fourth-order valence-electron chi connectivity index (χ4n) is 3.55. The third kappa shape index (κ3) is 5.79. The van der Waals surface area contributed by atoms with Crippen molar-refractivity contribution in [3.63, 3.8) is 0 Å². The van der Waals surface area contributed by atoms with Gasteiger partial charge in [-0.1, -0.05) is 4.70 Å². The van der Waals surface area contributed by atoms with Crippen LogP contribution < -0.4 is 10.6 Å². The summed E-state index contributed by atoms with van der Waals surface area (Å²) in [6, 6.07) is 7.27. The molecule has 12 heteroatoms. The van der Waals surface area contributed by atoms with Crippen molar-refractivity contribution in [2.45, 2.75) is 25.4 Å². The van der Waals surface area contributed by atoms with Gasteiger partial charge < -0.3 is 19.9 Å². The third-order valence-corrected chi connectivity index (χ3v) is 6.39. The number of thiazole rings is 1. The number of carbonyl (C=O) groups is 2. The molecule has 0 saturated carbocycles. The van der Waals surface area contributed by atoms with Crippen LogP contribution in [0.2, 0.25) is 0 Å². The Morgan fingerprint density at radius 3 is 2.73 bits per heavy atom. The maximum atomic E-state index is 14.2. The Hall–Kier alpha value is -4.21. The summed E-state index contributed by atoms with van der Waals surface area (Å²) in [5, 5.41) is 20.8. The number of hydrogen-bond acceptors (Lipinski definition) is 7. The van der Waals surface area contributed by atoms with E-state index in [0.29, 0.717) is 28.1 Å². The summed E-state index contributed by atoms with van der Waals surface area (Å²) >= 11 is 1.17. The molecule has 1 aromatic carbocycles. The molecule has 1 aliphatic heterocycles. The molecule has 1 atom stereocenters. The molecule has 2 amide bonds. The van der Waals surface area contributed by atoms with Crippen LogP contribution in [0.15, 0.2) is 53.4 Å². The molecule has 0 fully saturated rings. The van der Waals surface area contributed by atoms with Gasteiger partial charge in [-0.25, -0.2) is 9.37 Å². The average Bonchev–Trinajstić information content (AvgIpc) is 3.52. The number of amides is 2. The summed E-state index contributed by atoms with van der Waals surface area (Å²) in [7, 11) is 3.20. The van der Waals surface area contributed by atoms with Gasteiger partial charge in [-0.05, 0) is 38.1 Å². The molecule has 0 aliphatic carbocycles. The zero-order valence-electron chi connectivity index (χ0n) is 20.7. The molecule has 1 aliphatic rings. The number of benzene rings is 1. The number of hydrogen-bond donors (Lipinski definition) is 2. The van der Waals surface area contributed by atoms with Gasteiger partial charge in [0, 0.05) is 41.1 Å². The molecule has 10 nitrogen and oxygen atoms in total. The number of aromatic nitrogens is 2. The quantitative estimate of drug-likeness (QED) is 0.414. The molecular formula is C25H25FN7O3S+. The molecule has 4 rings (SSSR count). The molecule has 3 aromatic rings. The van der Waals surface area contributed by atoms with Gasteiger partial charge in [-0.15, -0.1) is 11.3 Å². The van der Waals surface area contributed by atoms with E-state index in [1.807, 2.05) is 0 Å². The summed E-state index contributed by atoms with van der Waals surface area (Å²) in [5.74, 6) is -1.43. The van der Waals surface area contributed by atoms with Crippen molar-refractivity contribution in [3.05, 3.63) is 65.2 Å². The second-order valence-corrected chi connectivity index (χ2v) is 9.76. The monoisotopic (exact) mass is 522 g/mol. The Balaban J connectivity index is 1.45. The number of rotatable bonds is 9. The van der Waals surface area contributed by atoms with E-state index in [4.69, 9.17) is 4.74 Å². The minimum atomic E-state index is -0.998. The molecule has 3 heterocycles. The highest BCUT2D eigenvalue weighted by molar-refractivity contribution is 7.14. The van der Waals surface area contributed by atoms with Gasteiger partial charge in [0.1, 0.15) is 17.4 Å². The van der Waals surface area contributed by atoms with Gasteiger partial charge in [-0.3, -0.25) is 9.59 Å². The Bertz CT molecular complexity index is 1460. The lowest BCUT2D eigenvalue weighted by Crippen LogP contribution is -2.46. The van der Waals surface area contributed by atoms with E-state index in [0.717, 1.165) is 0 Å². The molecule has 1 unspecified atom stereocenters. The van der Waals surface area contributed by atoms with Crippen LogP contribution >= 0.6 is 11.3 Å². The molecule has 0 radical (unpaired) electrons. The number of carbonyl (C=O) groups excluding carboxylic acids is 2. The number of nitrogens with one attached hydrogen (secondary N) is 2. The number of ether oxygens (including phenoxy) is 1. The number of azo groups is 2. The standard InChI is InChI=1S/C25H24FN7O3S/c1-25(2,14-27)33-6-5-15(10-33)22(34)28-20(12-36-4)23(35)30-24-29-21(13-37-24)17-7-16(8-18(26)9-17)19-11-32(3)31-19/h5-11,13,20H,12H2,1-4H3,(H-,28,29,30,34,35)/p+1. The molecular weight excluding hydrogens is 497 g/mol. The first-order valence-electron chi connectivity index (χ1n) is 11.2. The Morgan fingerprint density at radius 1 is 1.32 bits per heavy atom. The van der Waals surface area contributed by atoms with E-state index >= 15 is 0 Å². The Kier molecular flexibility index (Phi) is 7.28. The van der Waals surface area contributed by atoms with Gasteiger partial charge in [0.2, 0.25) is 11.9 Å². The van der Waals surface area contributed by atoms with Crippen LogP contribution in [0.3, 0.4) is 0 Å². The number of methoxy groups -OCH3 is 1. The summed E-state index contributed by atoms with van der Waals surface area (Å²) in [5.41, 5.74) is 1.80. The summed E-state index contributed by atoms with van der Waals surface area (Å²) < 4.78 is 22.6. The number of halogens is 1. The van der Waals surface area contributed by atoms with Gasteiger partial charge in [0.05, 0.1) is 23.9 Å². The van der Waals surface area contributed by atoms with E-state index in [-0.39, 0.29) is 11.7 Å². The minimum absolute atomic E-state index is 0.0689. The SMILES string of the molecule is COCC(NC(=O)c1ccn(C(C)(C)C#N)c1)C(=O)Nc1nc(-c2cc(F)cc(C3=C[N+](C)=N3)c2)cs1. The lowest BCUT2D eigenvalue weighted by Gasteiger charge is -2.18. The zero-order chi connectivity index (χ0) is 26.7. The van der Waals surface area contributed by atoms with Gasteiger partial charge >= 0.3 is 0 Å². The van der Waals surface area contributed by atoms with Crippen LogP contribution in [-0.2, 0) is 15.1 Å². The van der Waals surface area contributed by atoms with E-state index < -0.39 is 29.2 Å². The van der Waals surface area contributed by atoms with Crippen molar-refractivity contribution in [2.24, 2.45) is 5.11 Å². The molecule has 0 bridgehead atoms. The van der Waals surface area contributed by atoms with E-state index in [2.05, 4.69) is 26.8 Å². The fraction of sp³-hybridized carbons (Fsp3) is 0.280. The lowest BCUT2D eigenvalue weighted by atomic mass is 10.1. The minimum Gasteiger partial charge on any atom is -0.382 e. The first kappa shape index (κ1) is 25.9. The van der Waals surface area contributed by atoms with Gasteiger partial charge in [0.15, 0.2) is 12.2 Å². The first-order chi connectivity index (χ1) is 17.6. The molecule has 190 valence electrons. The summed E-state index contributed by atoms with van der Waals surface area (Å²) in [6.45, 7) is 3.38. The predicted molar refractivity (Wildman–Crippen MR) is 135 cm³/mol. The van der Waals surface area contributed by atoms with E-state index in [1.165, 1.54) is 30.6 Å². The van der Waals surface area contributed by atoms with Crippen LogP contribution in [0.1, 0.15) is 29.8 Å². The van der Waals surface area contributed by atoms with Crippen LogP contribution in [-0.4, -0.2) is 52.9 Å². The number of anilines is 1. The largest absolute Gasteiger partial charge is 0.382 e. The van der Waals surface area contributed by atoms with E-state index in [1.54, 1.807) is 66.3 Å². The molecule has 2 N–H and O–H groups in total. The normalized spacial score (nSPS) is 13.6. The van der Waals surface area contributed by atoms with Crippen molar-refractivity contribution in [2.75, 3.05) is 26.1 Å². The highest BCUT2D eigenvalue weighted by Crippen LogP contribution is 2.30. The van der Waals surface area contributed by atoms with E-state index in [9.17, 15) is 19.2 Å². The Labute approximate surface area is 216 Å². The average molecular weight is 523 g/mol. The van der Waals surface area contributed by atoms with Crippen molar-refractivity contribution < 1.29 is 23.4 Å². The molecule has 37 heavy (non-hydrogen) atoms. The second kappa shape index (κ2) is 10.4. The molecule has 0 spiro atoms. The van der Waals surface area contributed by atoms with Crippen molar-refractivity contribution in [1.29, 1.82) is 5.26 Å². The van der Waals surface area contributed by atoms with Crippen LogP contribution in [0.4, 0.5) is 9.52 Å². The van der Waals surface area contributed by atoms with Crippen molar-refractivity contribution in [1.82, 2.24) is 14.9 Å². The van der Waals surface area contributed by atoms with Crippen LogP contribution in [0, 0.1) is 17.1 Å². The maximum absolute atomic E-state index is 14.2. The van der Waals surface area contributed by atoms with Crippen LogP contribution in [0.25, 0.3) is 17.0 Å². The molecule has 0 saturated heterocycles. The molecule has 2 aromatic heterocycles. The fourth-order valence-corrected chi connectivity index (χ4v) is 4.27. The predicted octanol–water partition coefficient (Wildman–Crippen LogP) is 3.80. The maximum Gasteiger partial charge on any atom is 0.253 e. The summed E-state index contributed by atoms with van der Waals surface area (Å²) in [4.78, 5) is 30.1. The van der Waals surface area contributed by atoms with Crippen molar-refractivity contribution >= 4 is 34.0 Å². The highest BCUT2D eigenvalue weighted by Gasteiger charge is 2.25. The Morgan fingerprint density at radius 2 is 2.05 bits per heavy atom. The second-order valence-electron chi connectivity index (χ2n) is 8.90. The highest BCUT2D eigenvalue weighted by atomic mass is 32.1.